The van der Waals surface area contributed by atoms with Gasteiger partial charge in [-0.25, -0.2) is 8.78 Å². The SMILES string of the molecule is O=C(NCc1cc(Cl)c2c(c1)OCCCO2)c1cc(F)c(F)cc1Cl. The van der Waals surface area contributed by atoms with Crippen LogP contribution >= 0.6 is 23.2 Å². The van der Waals surface area contributed by atoms with Crippen LogP contribution in [0.15, 0.2) is 24.3 Å². The van der Waals surface area contributed by atoms with Crippen LogP contribution in [0.1, 0.15) is 22.3 Å². The molecule has 1 N–H and O–H groups in total. The maximum absolute atomic E-state index is 13.3. The number of carbonyl (C=O) groups is 1. The summed E-state index contributed by atoms with van der Waals surface area (Å²) in [4.78, 5) is 12.2. The molecule has 0 aromatic heterocycles. The number of hydrogen-bond donors (Lipinski definition) is 1. The maximum atomic E-state index is 13.3. The average molecular weight is 388 g/mol. The van der Waals surface area contributed by atoms with Crippen molar-refractivity contribution in [2.24, 2.45) is 0 Å². The summed E-state index contributed by atoms with van der Waals surface area (Å²) in [5, 5.41) is 2.78. The number of ether oxygens (including phenoxy) is 2. The van der Waals surface area contributed by atoms with Crippen LogP contribution in [-0.4, -0.2) is 19.1 Å². The van der Waals surface area contributed by atoms with Crippen molar-refractivity contribution >= 4 is 29.1 Å². The number of rotatable bonds is 3. The molecular formula is C17H13Cl2F2NO3. The fourth-order valence-electron chi connectivity index (χ4n) is 2.36. The van der Waals surface area contributed by atoms with Gasteiger partial charge in [0, 0.05) is 13.0 Å². The molecule has 0 unspecified atom stereocenters. The lowest BCUT2D eigenvalue weighted by atomic mass is 10.1. The number of benzene rings is 2. The van der Waals surface area contributed by atoms with E-state index in [-0.39, 0.29) is 17.1 Å². The summed E-state index contributed by atoms with van der Waals surface area (Å²) >= 11 is 12.0. The molecule has 3 rings (SSSR count). The Morgan fingerprint density at radius 3 is 2.56 bits per heavy atom. The van der Waals surface area contributed by atoms with Gasteiger partial charge in [0.25, 0.3) is 5.91 Å². The van der Waals surface area contributed by atoms with E-state index in [1.807, 2.05) is 0 Å². The van der Waals surface area contributed by atoms with E-state index in [2.05, 4.69) is 5.32 Å². The quantitative estimate of drug-likeness (QED) is 0.795. The second-order valence-electron chi connectivity index (χ2n) is 5.38. The van der Waals surface area contributed by atoms with Crippen LogP contribution in [0.2, 0.25) is 10.0 Å². The summed E-state index contributed by atoms with van der Waals surface area (Å²) in [5.74, 6) is -1.92. The lowest BCUT2D eigenvalue weighted by molar-refractivity contribution is 0.0950. The molecule has 0 radical (unpaired) electrons. The Hall–Kier alpha value is -2.05. The van der Waals surface area contributed by atoms with Crippen molar-refractivity contribution in [1.29, 1.82) is 0 Å². The normalized spacial score (nSPS) is 13.3. The number of halogens is 4. The molecule has 1 aliphatic heterocycles. The van der Waals surface area contributed by atoms with Crippen LogP contribution in [0.3, 0.4) is 0 Å². The van der Waals surface area contributed by atoms with E-state index in [1.165, 1.54) is 0 Å². The summed E-state index contributed by atoms with van der Waals surface area (Å²) in [6.07, 6.45) is 0.742. The topological polar surface area (TPSA) is 47.6 Å². The van der Waals surface area contributed by atoms with Crippen molar-refractivity contribution < 1.29 is 23.0 Å². The molecule has 2 aromatic rings. The highest BCUT2D eigenvalue weighted by Gasteiger charge is 2.18. The van der Waals surface area contributed by atoms with Crippen LogP contribution in [-0.2, 0) is 6.54 Å². The van der Waals surface area contributed by atoms with Gasteiger partial charge in [0.05, 0.1) is 28.8 Å². The van der Waals surface area contributed by atoms with Gasteiger partial charge in [-0.3, -0.25) is 4.79 Å². The third-order valence-electron chi connectivity index (χ3n) is 3.57. The van der Waals surface area contributed by atoms with Gasteiger partial charge in [-0.05, 0) is 29.8 Å². The second kappa shape index (κ2) is 7.45. The van der Waals surface area contributed by atoms with E-state index in [1.54, 1.807) is 12.1 Å². The van der Waals surface area contributed by atoms with Gasteiger partial charge in [-0.2, -0.15) is 0 Å². The van der Waals surface area contributed by atoms with Gasteiger partial charge in [-0.1, -0.05) is 23.2 Å². The van der Waals surface area contributed by atoms with Gasteiger partial charge in [0.2, 0.25) is 0 Å². The molecule has 0 bridgehead atoms. The predicted octanol–water partition coefficient (Wildman–Crippen LogP) is 4.36. The molecule has 0 saturated carbocycles. The van der Waals surface area contributed by atoms with Crippen molar-refractivity contribution in [1.82, 2.24) is 5.32 Å². The molecule has 25 heavy (non-hydrogen) atoms. The molecule has 2 aromatic carbocycles. The van der Waals surface area contributed by atoms with Crippen LogP contribution < -0.4 is 14.8 Å². The molecule has 0 aliphatic carbocycles. The predicted molar refractivity (Wildman–Crippen MR) is 89.6 cm³/mol. The fourth-order valence-corrected chi connectivity index (χ4v) is 2.88. The Labute approximate surface area is 152 Å². The third-order valence-corrected chi connectivity index (χ3v) is 4.16. The molecule has 8 heteroatoms. The van der Waals surface area contributed by atoms with Gasteiger partial charge >= 0.3 is 0 Å². The maximum Gasteiger partial charge on any atom is 0.253 e. The van der Waals surface area contributed by atoms with Crippen molar-refractivity contribution in [3.05, 3.63) is 57.1 Å². The molecular weight excluding hydrogens is 375 g/mol. The van der Waals surface area contributed by atoms with Crippen molar-refractivity contribution in [3.63, 3.8) is 0 Å². The smallest absolute Gasteiger partial charge is 0.253 e. The second-order valence-corrected chi connectivity index (χ2v) is 6.20. The number of nitrogens with one attached hydrogen (secondary N) is 1. The van der Waals surface area contributed by atoms with Crippen molar-refractivity contribution in [2.45, 2.75) is 13.0 Å². The number of hydrogen-bond acceptors (Lipinski definition) is 3. The molecule has 132 valence electrons. The van der Waals surface area contributed by atoms with Crippen LogP contribution in [0.4, 0.5) is 8.78 Å². The Kier molecular flexibility index (Phi) is 5.30. The highest BCUT2D eigenvalue weighted by Crippen LogP contribution is 2.38. The Morgan fingerprint density at radius 1 is 1.04 bits per heavy atom. The number of fused-ring (bicyclic) bond motifs is 1. The highest BCUT2D eigenvalue weighted by atomic mass is 35.5. The molecule has 1 heterocycles. The summed E-state index contributed by atoms with van der Waals surface area (Å²) in [7, 11) is 0. The highest BCUT2D eigenvalue weighted by molar-refractivity contribution is 6.34. The van der Waals surface area contributed by atoms with E-state index in [4.69, 9.17) is 32.7 Å². The van der Waals surface area contributed by atoms with Gasteiger partial charge < -0.3 is 14.8 Å². The monoisotopic (exact) mass is 387 g/mol. The zero-order chi connectivity index (χ0) is 18.0. The van der Waals surface area contributed by atoms with Crippen LogP contribution in [0, 0.1) is 11.6 Å². The first-order valence-corrected chi connectivity index (χ1v) is 8.22. The first-order valence-electron chi connectivity index (χ1n) is 7.46. The Bertz CT molecular complexity index is 830. The van der Waals surface area contributed by atoms with E-state index in [0.717, 1.165) is 18.6 Å². The van der Waals surface area contributed by atoms with Gasteiger partial charge in [0.15, 0.2) is 23.1 Å². The summed E-state index contributed by atoms with van der Waals surface area (Å²) < 4.78 is 37.5. The van der Waals surface area contributed by atoms with Gasteiger partial charge in [0.1, 0.15) is 0 Å². The van der Waals surface area contributed by atoms with Crippen LogP contribution in [0.25, 0.3) is 0 Å². The Balaban J connectivity index is 1.75. The summed E-state index contributed by atoms with van der Waals surface area (Å²) in [5.41, 5.74) is 0.516. The summed E-state index contributed by atoms with van der Waals surface area (Å²) in [6, 6.07) is 4.87. The average Bonchev–Trinajstić information content (AvgIpc) is 2.82. The number of amides is 1. The minimum atomic E-state index is -1.15. The first kappa shape index (κ1) is 17.8. The van der Waals surface area contributed by atoms with E-state index < -0.39 is 17.5 Å². The minimum absolute atomic E-state index is 0.102. The molecule has 4 nitrogen and oxygen atoms in total. The van der Waals surface area contributed by atoms with Crippen molar-refractivity contribution in [3.8, 4) is 11.5 Å². The molecule has 0 saturated heterocycles. The molecule has 0 fully saturated rings. The minimum Gasteiger partial charge on any atom is -0.489 e. The van der Waals surface area contributed by atoms with E-state index >= 15 is 0 Å². The van der Waals surface area contributed by atoms with Gasteiger partial charge in [-0.15, -0.1) is 0 Å². The number of carbonyl (C=O) groups excluding carboxylic acids is 1. The van der Waals surface area contributed by atoms with E-state index in [0.29, 0.717) is 35.3 Å². The third kappa shape index (κ3) is 3.96. The lowest BCUT2D eigenvalue weighted by Crippen LogP contribution is -2.23. The molecule has 0 atom stereocenters. The zero-order valence-electron chi connectivity index (χ0n) is 12.9. The summed E-state index contributed by atoms with van der Waals surface area (Å²) in [6.45, 7) is 1.12. The largest absolute Gasteiger partial charge is 0.489 e. The Morgan fingerprint density at radius 2 is 1.76 bits per heavy atom. The molecule has 0 spiro atoms. The standard InChI is InChI=1S/C17H13Cl2F2NO3/c18-11-7-14(21)13(20)6-10(11)17(23)22-8-9-4-12(19)16-15(5-9)24-2-1-3-25-16/h4-7H,1-3,8H2,(H,22,23). The molecule has 1 amide bonds. The zero-order valence-corrected chi connectivity index (χ0v) is 14.4. The van der Waals surface area contributed by atoms with Crippen LogP contribution in [0.5, 0.6) is 11.5 Å². The lowest BCUT2D eigenvalue weighted by Gasteiger charge is -2.12. The first-order chi connectivity index (χ1) is 12.0. The molecule has 1 aliphatic rings. The van der Waals surface area contributed by atoms with Crippen molar-refractivity contribution in [2.75, 3.05) is 13.2 Å². The fraction of sp³-hybridized carbons (Fsp3) is 0.235. The van der Waals surface area contributed by atoms with E-state index in [9.17, 15) is 13.6 Å².